The Labute approximate surface area is 116 Å². The van der Waals surface area contributed by atoms with Crippen LogP contribution in [0, 0.1) is 0 Å². The molecule has 0 spiro atoms. The number of rotatable bonds is 7. The molecule has 0 unspecified atom stereocenters. The van der Waals surface area contributed by atoms with Crippen LogP contribution in [0.4, 0.5) is 11.6 Å². The van der Waals surface area contributed by atoms with E-state index < -0.39 is 0 Å². The van der Waals surface area contributed by atoms with Crippen molar-refractivity contribution in [3.8, 4) is 0 Å². The van der Waals surface area contributed by atoms with E-state index in [9.17, 15) is 0 Å². The number of hydrogen-bond acceptors (Lipinski definition) is 5. The lowest BCUT2D eigenvalue weighted by molar-refractivity contribution is 0.478. The molecule has 108 valence electrons. The SMILES string of the molecule is CCN(CC)c1cc(N(C)CCC(C)(C)N)ncn1. The third-order valence-electron chi connectivity index (χ3n) is 3.21. The average Bonchev–Trinajstić information content (AvgIpc) is 2.37. The maximum absolute atomic E-state index is 6.02. The second-order valence-corrected chi connectivity index (χ2v) is 5.57. The molecule has 5 nitrogen and oxygen atoms in total. The summed E-state index contributed by atoms with van der Waals surface area (Å²) in [6.07, 6.45) is 2.56. The second kappa shape index (κ2) is 6.70. The summed E-state index contributed by atoms with van der Waals surface area (Å²) in [6.45, 7) is 11.1. The van der Waals surface area contributed by atoms with Gasteiger partial charge in [-0.25, -0.2) is 9.97 Å². The number of anilines is 2. The summed E-state index contributed by atoms with van der Waals surface area (Å²) in [5.74, 6) is 1.93. The van der Waals surface area contributed by atoms with Crippen molar-refractivity contribution in [2.24, 2.45) is 5.73 Å². The van der Waals surface area contributed by atoms with Crippen LogP contribution in [0.1, 0.15) is 34.1 Å². The predicted octanol–water partition coefficient (Wildman–Crippen LogP) is 1.89. The highest BCUT2D eigenvalue weighted by molar-refractivity contribution is 5.49. The van der Waals surface area contributed by atoms with Crippen LogP contribution >= 0.6 is 0 Å². The van der Waals surface area contributed by atoms with Crippen LogP contribution in [-0.4, -0.2) is 42.2 Å². The van der Waals surface area contributed by atoms with Gasteiger partial charge in [0.25, 0.3) is 0 Å². The van der Waals surface area contributed by atoms with E-state index >= 15 is 0 Å². The summed E-state index contributed by atoms with van der Waals surface area (Å²) in [4.78, 5) is 13.0. The van der Waals surface area contributed by atoms with E-state index in [1.54, 1.807) is 6.33 Å². The molecular weight excluding hydrogens is 238 g/mol. The number of hydrogen-bond donors (Lipinski definition) is 1. The Hall–Kier alpha value is -1.36. The van der Waals surface area contributed by atoms with E-state index in [0.29, 0.717) is 0 Å². The van der Waals surface area contributed by atoms with Crippen molar-refractivity contribution in [1.29, 1.82) is 0 Å². The molecule has 1 heterocycles. The quantitative estimate of drug-likeness (QED) is 0.816. The lowest BCUT2D eigenvalue weighted by Gasteiger charge is -2.25. The van der Waals surface area contributed by atoms with Gasteiger partial charge in [0, 0.05) is 38.3 Å². The van der Waals surface area contributed by atoms with E-state index in [1.807, 2.05) is 27.0 Å². The van der Waals surface area contributed by atoms with Gasteiger partial charge >= 0.3 is 0 Å². The van der Waals surface area contributed by atoms with E-state index in [-0.39, 0.29) is 5.54 Å². The minimum absolute atomic E-state index is 0.150. The molecule has 19 heavy (non-hydrogen) atoms. The molecule has 5 heteroatoms. The monoisotopic (exact) mass is 265 g/mol. The first-order valence-electron chi connectivity index (χ1n) is 6.94. The normalized spacial score (nSPS) is 11.5. The summed E-state index contributed by atoms with van der Waals surface area (Å²) >= 11 is 0. The molecule has 0 aliphatic carbocycles. The summed E-state index contributed by atoms with van der Waals surface area (Å²) in [6, 6.07) is 2.04. The van der Waals surface area contributed by atoms with Gasteiger partial charge in [0.05, 0.1) is 0 Å². The zero-order valence-electron chi connectivity index (χ0n) is 12.8. The molecule has 0 saturated heterocycles. The Balaban J connectivity index is 2.75. The van der Waals surface area contributed by atoms with Gasteiger partial charge in [0.15, 0.2) is 0 Å². The van der Waals surface area contributed by atoms with Gasteiger partial charge in [0.1, 0.15) is 18.0 Å². The average molecular weight is 265 g/mol. The fourth-order valence-electron chi connectivity index (χ4n) is 1.84. The lowest BCUT2D eigenvalue weighted by Crippen LogP contribution is -2.36. The van der Waals surface area contributed by atoms with Crippen molar-refractivity contribution >= 4 is 11.6 Å². The van der Waals surface area contributed by atoms with Crippen molar-refractivity contribution in [3.63, 3.8) is 0 Å². The number of aromatic nitrogens is 2. The maximum atomic E-state index is 6.02. The largest absolute Gasteiger partial charge is 0.359 e. The fraction of sp³-hybridized carbons (Fsp3) is 0.714. The van der Waals surface area contributed by atoms with Crippen molar-refractivity contribution < 1.29 is 0 Å². The molecule has 1 rings (SSSR count). The molecule has 2 N–H and O–H groups in total. The molecule has 0 saturated carbocycles. The first-order chi connectivity index (χ1) is 8.87. The van der Waals surface area contributed by atoms with Crippen LogP contribution in [-0.2, 0) is 0 Å². The molecule has 0 aliphatic rings. The van der Waals surface area contributed by atoms with E-state index in [1.165, 1.54) is 0 Å². The standard InChI is InChI=1S/C14H27N5/c1-6-19(7-2)13-10-12(16-11-17-13)18(5)9-8-14(3,4)15/h10-11H,6-9,15H2,1-5H3. The molecule has 1 aromatic heterocycles. The number of nitrogens with zero attached hydrogens (tertiary/aromatic N) is 4. The fourth-order valence-corrected chi connectivity index (χ4v) is 1.84. The Morgan fingerprint density at radius 1 is 1.16 bits per heavy atom. The van der Waals surface area contributed by atoms with Crippen LogP contribution in [0.2, 0.25) is 0 Å². The smallest absolute Gasteiger partial charge is 0.134 e. The van der Waals surface area contributed by atoms with Gasteiger partial charge in [-0.1, -0.05) is 0 Å². The Kier molecular flexibility index (Phi) is 5.54. The molecule has 0 bridgehead atoms. The molecule has 0 atom stereocenters. The highest BCUT2D eigenvalue weighted by Crippen LogP contribution is 2.17. The van der Waals surface area contributed by atoms with E-state index in [4.69, 9.17) is 5.73 Å². The van der Waals surface area contributed by atoms with Crippen LogP contribution in [0.15, 0.2) is 12.4 Å². The van der Waals surface area contributed by atoms with E-state index in [0.717, 1.165) is 37.7 Å². The van der Waals surface area contributed by atoms with E-state index in [2.05, 4.69) is 33.6 Å². The zero-order chi connectivity index (χ0) is 14.5. The van der Waals surface area contributed by atoms with Gasteiger partial charge in [0.2, 0.25) is 0 Å². The second-order valence-electron chi connectivity index (χ2n) is 5.57. The minimum atomic E-state index is -0.150. The molecule has 0 aliphatic heterocycles. The van der Waals surface area contributed by atoms with Gasteiger partial charge in [-0.2, -0.15) is 0 Å². The Morgan fingerprint density at radius 2 is 1.74 bits per heavy atom. The molecule has 0 radical (unpaired) electrons. The summed E-state index contributed by atoms with van der Waals surface area (Å²) in [7, 11) is 2.04. The van der Waals surface area contributed by atoms with Crippen molar-refractivity contribution in [1.82, 2.24) is 9.97 Å². The molecule has 0 amide bonds. The van der Waals surface area contributed by atoms with Crippen LogP contribution in [0.25, 0.3) is 0 Å². The summed E-state index contributed by atoms with van der Waals surface area (Å²) in [5.41, 5.74) is 5.87. The molecular formula is C14H27N5. The minimum Gasteiger partial charge on any atom is -0.359 e. The molecule has 0 fully saturated rings. The van der Waals surface area contributed by atoms with Crippen LogP contribution < -0.4 is 15.5 Å². The lowest BCUT2D eigenvalue weighted by atomic mass is 10.0. The van der Waals surface area contributed by atoms with Gasteiger partial charge in [-0.3, -0.25) is 0 Å². The van der Waals surface area contributed by atoms with Crippen molar-refractivity contribution in [2.75, 3.05) is 36.5 Å². The van der Waals surface area contributed by atoms with Crippen molar-refractivity contribution in [3.05, 3.63) is 12.4 Å². The van der Waals surface area contributed by atoms with Gasteiger partial charge < -0.3 is 15.5 Å². The highest BCUT2D eigenvalue weighted by Gasteiger charge is 2.13. The van der Waals surface area contributed by atoms with Gasteiger partial charge in [-0.05, 0) is 34.1 Å². The Morgan fingerprint density at radius 3 is 2.26 bits per heavy atom. The van der Waals surface area contributed by atoms with Gasteiger partial charge in [-0.15, -0.1) is 0 Å². The first kappa shape index (κ1) is 15.7. The molecule has 0 aromatic carbocycles. The summed E-state index contributed by atoms with van der Waals surface area (Å²) < 4.78 is 0. The third-order valence-corrected chi connectivity index (χ3v) is 3.21. The van der Waals surface area contributed by atoms with Crippen LogP contribution in [0.3, 0.4) is 0 Å². The summed E-state index contributed by atoms with van der Waals surface area (Å²) in [5, 5.41) is 0. The predicted molar refractivity (Wildman–Crippen MR) is 81.7 cm³/mol. The zero-order valence-corrected chi connectivity index (χ0v) is 12.8. The Bertz CT molecular complexity index is 382. The topological polar surface area (TPSA) is 58.3 Å². The first-order valence-corrected chi connectivity index (χ1v) is 6.94. The van der Waals surface area contributed by atoms with Crippen molar-refractivity contribution in [2.45, 2.75) is 39.7 Å². The maximum Gasteiger partial charge on any atom is 0.134 e. The van der Waals surface area contributed by atoms with Crippen LogP contribution in [0.5, 0.6) is 0 Å². The highest BCUT2D eigenvalue weighted by atomic mass is 15.2. The number of nitrogens with two attached hydrogens (primary N) is 1. The molecule has 1 aromatic rings. The third kappa shape index (κ3) is 5.03.